The van der Waals surface area contributed by atoms with Crippen molar-refractivity contribution < 1.29 is 9.59 Å². The van der Waals surface area contributed by atoms with Gasteiger partial charge < -0.3 is 9.80 Å². The van der Waals surface area contributed by atoms with Gasteiger partial charge in [0.25, 0.3) is 5.91 Å². The molecule has 1 heterocycles. The first kappa shape index (κ1) is 19.8. The van der Waals surface area contributed by atoms with Gasteiger partial charge in [-0.2, -0.15) is 0 Å². The van der Waals surface area contributed by atoms with Gasteiger partial charge in [-0.1, -0.05) is 37.3 Å². The fourth-order valence-corrected chi connectivity index (χ4v) is 5.50. The molecule has 1 aromatic carbocycles. The van der Waals surface area contributed by atoms with Crippen molar-refractivity contribution in [1.29, 1.82) is 0 Å². The Kier molecular flexibility index (Phi) is 6.25. The average molecular weight is 403 g/mol. The molecule has 4 rings (SSSR count). The SMILES string of the molecule is O=C(c1ccc(Cl)cc1)N1CCCC(C(=O)N(C2CCCC2)C2CCCC2)C1. The highest BCUT2D eigenvalue weighted by Gasteiger charge is 2.39. The molecule has 1 aromatic rings. The molecule has 3 fully saturated rings. The van der Waals surface area contributed by atoms with Gasteiger partial charge in [-0.3, -0.25) is 9.59 Å². The molecule has 152 valence electrons. The summed E-state index contributed by atoms with van der Waals surface area (Å²) in [6.45, 7) is 1.29. The predicted molar refractivity (Wildman–Crippen MR) is 111 cm³/mol. The third kappa shape index (κ3) is 4.22. The van der Waals surface area contributed by atoms with Crippen molar-refractivity contribution >= 4 is 23.4 Å². The van der Waals surface area contributed by atoms with E-state index in [1.54, 1.807) is 24.3 Å². The van der Waals surface area contributed by atoms with E-state index >= 15 is 0 Å². The van der Waals surface area contributed by atoms with Crippen molar-refractivity contribution in [1.82, 2.24) is 9.80 Å². The monoisotopic (exact) mass is 402 g/mol. The van der Waals surface area contributed by atoms with Crippen molar-refractivity contribution in [2.24, 2.45) is 5.92 Å². The highest BCUT2D eigenvalue weighted by atomic mass is 35.5. The fraction of sp³-hybridized carbons (Fsp3) is 0.652. The zero-order valence-electron chi connectivity index (χ0n) is 16.6. The molecule has 0 bridgehead atoms. The molecule has 1 unspecified atom stereocenters. The summed E-state index contributed by atoms with van der Waals surface area (Å²) in [5, 5.41) is 0.631. The molecular formula is C23H31ClN2O2. The molecule has 28 heavy (non-hydrogen) atoms. The molecule has 2 saturated carbocycles. The number of nitrogens with zero attached hydrogens (tertiary/aromatic N) is 2. The number of rotatable bonds is 4. The van der Waals surface area contributed by atoms with Crippen LogP contribution in [-0.2, 0) is 4.79 Å². The molecule has 1 aliphatic heterocycles. The topological polar surface area (TPSA) is 40.6 Å². The summed E-state index contributed by atoms with van der Waals surface area (Å²) in [5.74, 6) is 0.279. The minimum Gasteiger partial charge on any atom is -0.338 e. The largest absolute Gasteiger partial charge is 0.338 e. The smallest absolute Gasteiger partial charge is 0.253 e. The summed E-state index contributed by atoms with van der Waals surface area (Å²) < 4.78 is 0. The molecule has 4 nitrogen and oxygen atoms in total. The second kappa shape index (κ2) is 8.86. The van der Waals surface area contributed by atoms with Gasteiger partial charge in [0.05, 0.1) is 5.92 Å². The van der Waals surface area contributed by atoms with Gasteiger partial charge in [-0.15, -0.1) is 0 Å². The number of likely N-dealkylation sites (tertiary alicyclic amines) is 1. The van der Waals surface area contributed by atoms with E-state index in [0.717, 1.165) is 45.1 Å². The number of piperidine rings is 1. The van der Waals surface area contributed by atoms with Gasteiger partial charge in [0, 0.05) is 35.8 Å². The summed E-state index contributed by atoms with van der Waals surface area (Å²) in [4.78, 5) is 30.7. The minimum atomic E-state index is -0.0498. The van der Waals surface area contributed by atoms with Gasteiger partial charge in [0.1, 0.15) is 0 Å². The fourth-order valence-electron chi connectivity index (χ4n) is 5.37. The first-order valence-electron chi connectivity index (χ1n) is 11.0. The standard InChI is InChI=1S/C23H31ClN2O2/c24-19-13-11-17(12-14-19)22(27)25-15-5-6-18(16-25)23(28)26(20-7-1-2-8-20)21-9-3-4-10-21/h11-14,18,20-21H,1-10,15-16H2. The van der Waals surface area contributed by atoms with Gasteiger partial charge in [0.2, 0.25) is 5.91 Å². The molecule has 0 radical (unpaired) electrons. The van der Waals surface area contributed by atoms with Crippen molar-refractivity contribution in [2.45, 2.75) is 76.3 Å². The lowest BCUT2D eigenvalue weighted by molar-refractivity contribution is -0.142. The van der Waals surface area contributed by atoms with Crippen LogP contribution in [0.2, 0.25) is 5.02 Å². The average Bonchev–Trinajstić information content (AvgIpc) is 3.43. The van der Waals surface area contributed by atoms with E-state index in [1.807, 2.05) is 4.90 Å². The highest BCUT2D eigenvalue weighted by Crippen LogP contribution is 2.34. The molecule has 1 atom stereocenters. The third-order valence-electron chi connectivity index (χ3n) is 6.84. The maximum Gasteiger partial charge on any atom is 0.253 e. The van der Waals surface area contributed by atoms with Crippen molar-refractivity contribution in [3.63, 3.8) is 0 Å². The van der Waals surface area contributed by atoms with E-state index in [2.05, 4.69) is 4.90 Å². The van der Waals surface area contributed by atoms with Gasteiger partial charge in [-0.25, -0.2) is 0 Å². The van der Waals surface area contributed by atoms with Crippen LogP contribution in [-0.4, -0.2) is 46.8 Å². The molecule has 2 amide bonds. The van der Waals surface area contributed by atoms with Gasteiger partial charge in [-0.05, 0) is 62.8 Å². The summed E-state index contributed by atoms with van der Waals surface area (Å²) in [5.41, 5.74) is 0.654. The third-order valence-corrected chi connectivity index (χ3v) is 7.09. The van der Waals surface area contributed by atoms with E-state index in [1.165, 1.54) is 25.7 Å². The lowest BCUT2D eigenvalue weighted by Gasteiger charge is -2.40. The molecular weight excluding hydrogens is 372 g/mol. The molecule has 1 saturated heterocycles. The normalized spacial score (nSPS) is 23.9. The van der Waals surface area contributed by atoms with Gasteiger partial charge >= 0.3 is 0 Å². The molecule has 5 heteroatoms. The van der Waals surface area contributed by atoms with E-state index in [9.17, 15) is 9.59 Å². The van der Waals surface area contributed by atoms with Crippen LogP contribution < -0.4 is 0 Å². The number of halogens is 1. The maximum absolute atomic E-state index is 13.6. The Labute approximate surface area is 173 Å². The predicted octanol–water partition coefficient (Wildman–Crippen LogP) is 4.91. The van der Waals surface area contributed by atoms with E-state index in [4.69, 9.17) is 11.6 Å². The van der Waals surface area contributed by atoms with Crippen molar-refractivity contribution in [2.75, 3.05) is 13.1 Å². The van der Waals surface area contributed by atoms with E-state index in [0.29, 0.717) is 35.1 Å². The van der Waals surface area contributed by atoms with Crippen LogP contribution in [0, 0.1) is 5.92 Å². The van der Waals surface area contributed by atoms with E-state index < -0.39 is 0 Å². The zero-order chi connectivity index (χ0) is 19.5. The van der Waals surface area contributed by atoms with Crippen LogP contribution in [0.5, 0.6) is 0 Å². The number of amides is 2. The van der Waals surface area contributed by atoms with Crippen LogP contribution in [0.25, 0.3) is 0 Å². The quantitative estimate of drug-likeness (QED) is 0.718. The Bertz CT molecular complexity index is 677. The van der Waals surface area contributed by atoms with Crippen LogP contribution >= 0.6 is 11.6 Å². The molecule has 3 aliphatic rings. The van der Waals surface area contributed by atoms with E-state index in [-0.39, 0.29) is 11.8 Å². The number of hydrogen-bond acceptors (Lipinski definition) is 2. The Morgan fingerprint density at radius 3 is 2.00 bits per heavy atom. The molecule has 0 N–H and O–H groups in total. The first-order chi connectivity index (χ1) is 13.6. The second-order valence-electron chi connectivity index (χ2n) is 8.72. The van der Waals surface area contributed by atoms with Crippen LogP contribution in [0.15, 0.2) is 24.3 Å². The Morgan fingerprint density at radius 2 is 1.43 bits per heavy atom. The Hall–Kier alpha value is -1.55. The lowest BCUT2D eigenvalue weighted by atomic mass is 9.94. The minimum absolute atomic E-state index is 0.0162. The van der Waals surface area contributed by atoms with Crippen LogP contribution in [0.3, 0.4) is 0 Å². The first-order valence-corrected chi connectivity index (χ1v) is 11.4. The van der Waals surface area contributed by atoms with Crippen LogP contribution in [0.4, 0.5) is 0 Å². The highest BCUT2D eigenvalue weighted by molar-refractivity contribution is 6.30. The zero-order valence-corrected chi connectivity index (χ0v) is 17.4. The molecule has 0 spiro atoms. The summed E-state index contributed by atoms with van der Waals surface area (Å²) in [6, 6.07) is 7.92. The number of carbonyl (C=O) groups is 2. The molecule has 0 aromatic heterocycles. The van der Waals surface area contributed by atoms with Crippen molar-refractivity contribution in [3.8, 4) is 0 Å². The number of benzene rings is 1. The summed E-state index contributed by atoms with van der Waals surface area (Å²) >= 11 is 5.95. The maximum atomic E-state index is 13.6. The Balaban J connectivity index is 1.46. The summed E-state index contributed by atoms with van der Waals surface area (Å²) in [7, 11) is 0. The van der Waals surface area contributed by atoms with Crippen LogP contribution in [0.1, 0.15) is 74.6 Å². The number of hydrogen-bond donors (Lipinski definition) is 0. The number of carbonyl (C=O) groups excluding carboxylic acids is 2. The van der Waals surface area contributed by atoms with Crippen molar-refractivity contribution in [3.05, 3.63) is 34.9 Å². The lowest BCUT2D eigenvalue weighted by Crippen LogP contribution is -2.52. The summed E-state index contributed by atoms with van der Waals surface area (Å²) in [6.07, 6.45) is 11.4. The Morgan fingerprint density at radius 1 is 0.857 bits per heavy atom. The molecule has 2 aliphatic carbocycles. The van der Waals surface area contributed by atoms with Gasteiger partial charge in [0.15, 0.2) is 0 Å². The second-order valence-corrected chi connectivity index (χ2v) is 9.16.